The number of ether oxygens (including phenoxy) is 3. The fraction of sp³-hybridized carbons (Fsp3) is 0.667. The van der Waals surface area contributed by atoms with Gasteiger partial charge in [-0.2, -0.15) is 0 Å². The average Bonchev–Trinajstić information content (AvgIpc) is 3.37. The number of esters is 1. The Morgan fingerprint density at radius 1 is 0.577 bits per heavy atom. The van der Waals surface area contributed by atoms with Gasteiger partial charge in [0, 0.05) is 6.42 Å². The lowest BCUT2D eigenvalue weighted by Gasteiger charge is -2.41. The fourth-order valence-electron chi connectivity index (χ4n) is 7.82. The summed E-state index contributed by atoms with van der Waals surface area (Å²) in [7, 11) is 0. The minimum atomic E-state index is -1.64. The highest BCUT2D eigenvalue weighted by Crippen LogP contribution is 2.26. The van der Waals surface area contributed by atoms with E-state index in [1.165, 1.54) is 57.8 Å². The number of carbonyl (C=O) groups excluding carboxylic acids is 2. The summed E-state index contributed by atoms with van der Waals surface area (Å²) in [6.07, 6.45) is 52.8. The second-order valence-electron chi connectivity index (χ2n) is 18.7. The molecule has 11 heteroatoms. The Kier molecular flexibility index (Phi) is 43.6. The quantitative estimate of drug-likeness (QED) is 0.0149. The molecule has 1 aliphatic rings. The molecule has 0 aromatic heterocycles. The summed E-state index contributed by atoms with van der Waals surface area (Å²) in [4.78, 5) is 26.4. The van der Waals surface area contributed by atoms with E-state index in [-0.39, 0.29) is 19.4 Å². The molecule has 6 N–H and O–H groups in total. The van der Waals surface area contributed by atoms with E-state index < -0.39 is 67.4 Å². The van der Waals surface area contributed by atoms with Gasteiger partial charge in [-0.05, 0) is 89.9 Å². The Morgan fingerprint density at radius 2 is 1.07 bits per heavy atom. The van der Waals surface area contributed by atoms with Gasteiger partial charge in [0.15, 0.2) is 12.4 Å². The number of aliphatic hydroxyl groups excluding tert-OH is 5. The van der Waals surface area contributed by atoms with Gasteiger partial charge < -0.3 is 45.1 Å². The van der Waals surface area contributed by atoms with Crippen molar-refractivity contribution < 1.29 is 49.3 Å². The summed E-state index contributed by atoms with van der Waals surface area (Å²) in [6.45, 7) is 5.53. The molecular formula is C60H99NO10. The van der Waals surface area contributed by atoms with Crippen LogP contribution in [0.2, 0.25) is 0 Å². The lowest BCUT2D eigenvalue weighted by atomic mass is 9.99. The maximum Gasteiger partial charge on any atom is 0.306 e. The number of nitrogens with one attached hydrogen (secondary N) is 1. The predicted octanol–water partition coefficient (Wildman–Crippen LogP) is 12.2. The van der Waals surface area contributed by atoms with Crippen molar-refractivity contribution in [3.05, 3.63) is 109 Å². The van der Waals surface area contributed by atoms with Crippen molar-refractivity contribution in [2.45, 2.75) is 243 Å². The normalized spacial score (nSPS) is 20.5. The maximum absolute atomic E-state index is 13.4. The zero-order valence-electron chi connectivity index (χ0n) is 44.3. The highest BCUT2D eigenvalue weighted by Gasteiger charge is 2.47. The van der Waals surface area contributed by atoms with Crippen molar-refractivity contribution in [1.29, 1.82) is 0 Å². The first kappa shape index (κ1) is 65.3. The molecule has 1 saturated heterocycles. The van der Waals surface area contributed by atoms with Gasteiger partial charge in [-0.15, -0.1) is 0 Å². The molecule has 1 aliphatic heterocycles. The zero-order valence-corrected chi connectivity index (χ0v) is 44.3. The van der Waals surface area contributed by atoms with Gasteiger partial charge in [-0.25, -0.2) is 0 Å². The largest absolute Gasteiger partial charge is 0.454 e. The average molecular weight is 994 g/mol. The van der Waals surface area contributed by atoms with Crippen LogP contribution in [0.3, 0.4) is 0 Å². The van der Waals surface area contributed by atoms with Crippen LogP contribution in [-0.2, 0) is 23.8 Å². The van der Waals surface area contributed by atoms with Crippen molar-refractivity contribution >= 4 is 11.9 Å². The van der Waals surface area contributed by atoms with Crippen LogP contribution in [0.15, 0.2) is 109 Å². The van der Waals surface area contributed by atoms with Crippen LogP contribution in [0.4, 0.5) is 0 Å². The third kappa shape index (κ3) is 36.0. The summed E-state index contributed by atoms with van der Waals surface area (Å²) in [5, 5.41) is 56.7. The Balaban J connectivity index is 2.80. The minimum absolute atomic E-state index is 0.0672. The smallest absolute Gasteiger partial charge is 0.306 e. The van der Waals surface area contributed by atoms with Crippen molar-refractivity contribution in [3.63, 3.8) is 0 Å². The van der Waals surface area contributed by atoms with E-state index >= 15 is 0 Å². The first-order valence-electron chi connectivity index (χ1n) is 27.7. The molecule has 1 fully saturated rings. The number of unbranched alkanes of at least 4 members (excludes halogenated alkanes) is 17. The molecule has 8 atom stereocenters. The summed E-state index contributed by atoms with van der Waals surface area (Å²) in [6, 6.07) is -1.05. The van der Waals surface area contributed by atoms with Gasteiger partial charge in [-0.1, -0.05) is 207 Å². The summed E-state index contributed by atoms with van der Waals surface area (Å²) in [5.74, 6) is -1.28. The SMILES string of the molecule is CC/C=C/C=C/C=C\C=C/CCCCCC(=O)OC1C(OCC(NC(=O)C(O)CCCC/C=C\C/C=C\C/C=C\C/C=C\CCCCC)C(O)/C=C/CCCCCCCCCCC)OC(CO)C(O)C1O. The van der Waals surface area contributed by atoms with Gasteiger partial charge in [-0.3, -0.25) is 9.59 Å². The molecule has 0 aliphatic carbocycles. The third-order valence-electron chi connectivity index (χ3n) is 12.3. The van der Waals surface area contributed by atoms with E-state index in [2.05, 4.69) is 86.8 Å². The molecule has 8 unspecified atom stereocenters. The van der Waals surface area contributed by atoms with Gasteiger partial charge in [0.05, 0.1) is 25.4 Å². The molecule has 71 heavy (non-hydrogen) atoms. The van der Waals surface area contributed by atoms with Crippen LogP contribution >= 0.6 is 0 Å². The number of hydrogen-bond acceptors (Lipinski definition) is 10. The van der Waals surface area contributed by atoms with Crippen molar-refractivity contribution in [2.75, 3.05) is 13.2 Å². The van der Waals surface area contributed by atoms with Crippen molar-refractivity contribution in [2.24, 2.45) is 0 Å². The lowest BCUT2D eigenvalue weighted by Crippen LogP contribution is -2.61. The highest BCUT2D eigenvalue weighted by atomic mass is 16.7. The number of hydrogen-bond donors (Lipinski definition) is 6. The van der Waals surface area contributed by atoms with Gasteiger partial charge >= 0.3 is 5.97 Å². The van der Waals surface area contributed by atoms with E-state index in [0.717, 1.165) is 89.9 Å². The van der Waals surface area contributed by atoms with Gasteiger partial charge in [0.1, 0.15) is 24.4 Å². The number of carbonyl (C=O) groups is 2. The highest BCUT2D eigenvalue weighted by molar-refractivity contribution is 5.80. The molecule has 404 valence electrons. The standard InChI is InChI=1S/C60H99NO10/c1-4-7-10-13-16-19-22-24-25-26-27-28-30-32-35-38-41-44-47-53(64)59(68)61-51(52(63)46-43-40-37-34-31-21-18-15-12-9-6-3)50-69-60-58(57(67)56(66)54(49-62)70-60)71-55(65)48-45-42-39-36-33-29-23-20-17-14-11-8-5-2/h8,11,14,16-17,19-20,23-25,27-29,32-33,35,43,46,51-54,56-58,60,62-64,66-67H,4-7,9-10,12-13,15,18,21-22,26,30-31,34,36-42,44-45,47-50H2,1-3H3,(H,61,68)/b11-8+,17-14+,19-16-,23-20-,25-24-,28-27-,33-29-,35-32-,46-43+. The van der Waals surface area contributed by atoms with Crippen LogP contribution in [0.25, 0.3) is 0 Å². The summed E-state index contributed by atoms with van der Waals surface area (Å²) in [5.41, 5.74) is 0. The maximum atomic E-state index is 13.4. The minimum Gasteiger partial charge on any atom is -0.454 e. The third-order valence-corrected chi connectivity index (χ3v) is 12.3. The van der Waals surface area contributed by atoms with Crippen LogP contribution in [0.5, 0.6) is 0 Å². The molecule has 1 heterocycles. The van der Waals surface area contributed by atoms with E-state index in [0.29, 0.717) is 12.8 Å². The first-order valence-corrected chi connectivity index (χ1v) is 27.7. The Morgan fingerprint density at radius 3 is 1.68 bits per heavy atom. The molecule has 11 nitrogen and oxygen atoms in total. The van der Waals surface area contributed by atoms with E-state index in [4.69, 9.17) is 14.2 Å². The number of amides is 1. The second kappa shape index (κ2) is 47.3. The number of allylic oxidation sites excluding steroid dienone is 17. The van der Waals surface area contributed by atoms with E-state index in [1.54, 1.807) is 6.08 Å². The number of aliphatic hydroxyl groups is 5. The monoisotopic (exact) mass is 994 g/mol. The van der Waals surface area contributed by atoms with Crippen molar-refractivity contribution in [3.8, 4) is 0 Å². The second-order valence-corrected chi connectivity index (χ2v) is 18.7. The topological polar surface area (TPSA) is 175 Å². The Labute approximate surface area is 430 Å². The van der Waals surface area contributed by atoms with Crippen LogP contribution in [-0.4, -0.2) is 99.6 Å². The Hall–Kier alpha value is -3.68. The predicted molar refractivity (Wildman–Crippen MR) is 291 cm³/mol. The molecule has 0 spiro atoms. The van der Waals surface area contributed by atoms with Crippen LogP contribution < -0.4 is 5.32 Å². The molecule has 0 saturated carbocycles. The van der Waals surface area contributed by atoms with E-state index in [1.807, 2.05) is 42.5 Å². The van der Waals surface area contributed by atoms with Crippen LogP contribution in [0, 0.1) is 0 Å². The zero-order chi connectivity index (χ0) is 51.8. The Bertz CT molecular complexity index is 1560. The van der Waals surface area contributed by atoms with Gasteiger partial charge in [0.2, 0.25) is 5.91 Å². The molecule has 0 aromatic carbocycles. The van der Waals surface area contributed by atoms with Crippen LogP contribution in [0.1, 0.15) is 194 Å². The molecule has 0 bridgehead atoms. The molecular weight excluding hydrogens is 895 g/mol. The molecule has 1 rings (SSSR count). The molecule has 0 aromatic rings. The fourth-order valence-corrected chi connectivity index (χ4v) is 7.82. The molecule has 0 radical (unpaired) electrons. The number of rotatable bonds is 44. The summed E-state index contributed by atoms with van der Waals surface area (Å²) < 4.78 is 17.5. The first-order chi connectivity index (χ1) is 34.7. The lowest BCUT2D eigenvalue weighted by molar-refractivity contribution is -0.305. The summed E-state index contributed by atoms with van der Waals surface area (Å²) >= 11 is 0. The van der Waals surface area contributed by atoms with Gasteiger partial charge in [0.25, 0.3) is 0 Å². The molecule has 1 amide bonds. The van der Waals surface area contributed by atoms with Crippen molar-refractivity contribution in [1.82, 2.24) is 5.32 Å². The van der Waals surface area contributed by atoms with E-state index in [9.17, 15) is 35.1 Å².